The van der Waals surface area contributed by atoms with Crippen molar-refractivity contribution in [3.05, 3.63) is 75.8 Å². The van der Waals surface area contributed by atoms with E-state index in [1.54, 1.807) is 0 Å². The van der Waals surface area contributed by atoms with Crippen LogP contribution in [0, 0.1) is 10.1 Å². The molecule has 0 radical (unpaired) electrons. The van der Waals surface area contributed by atoms with Crippen LogP contribution in [0.3, 0.4) is 0 Å². The van der Waals surface area contributed by atoms with Crippen molar-refractivity contribution < 1.29 is 9.66 Å². The molecule has 24 heavy (non-hydrogen) atoms. The third-order valence-corrected chi connectivity index (χ3v) is 3.82. The SMILES string of the molecule is O=[N+]([O-])c1ccc(Cl)cc1NCCOc1cccc2ccccc12. The van der Waals surface area contributed by atoms with Gasteiger partial charge in [-0.3, -0.25) is 10.1 Å². The van der Waals surface area contributed by atoms with Crippen LogP contribution in [0.2, 0.25) is 5.02 Å². The molecular formula is C18H15ClN2O3. The van der Waals surface area contributed by atoms with Gasteiger partial charge in [0.2, 0.25) is 0 Å². The molecule has 0 amide bonds. The summed E-state index contributed by atoms with van der Waals surface area (Å²) in [7, 11) is 0. The molecule has 0 fully saturated rings. The largest absolute Gasteiger partial charge is 0.491 e. The van der Waals surface area contributed by atoms with Crippen LogP contribution in [0.25, 0.3) is 10.8 Å². The van der Waals surface area contributed by atoms with Crippen molar-refractivity contribution in [2.75, 3.05) is 18.5 Å². The maximum Gasteiger partial charge on any atom is 0.292 e. The topological polar surface area (TPSA) is 64.4 Å². The summed E-state index contributed by atoms with van der Waals surface area (Å²) in [4.78, 5) is 10.6. The monoisotopic (exact) mass is 342 g/mol. The fourth-order valence-corrected chi connectivity index (χ4v) is 2.65. The molecule has 3 aromatic carbocycles. The number of benzene rings is 3. The molecule has 0 spiro atoms. The molecule has 0 aliphatic rings. The van der Waals surface area contributed by atoms with E-state index in [0.29, 0.717) is 23.9 Å². The molecule has 5 nitrogen and oxygen atoms in total. The van der Waals surface area contributed by atoms with Crippen LogP contribution in [0.4, 0.5) is 11.4 Å². The summed E-state index contributed by atoms with van der Waals surface area (Å²) < 4.78 is 5.81. The van der Waals surface area contributed by atoms with Crippen molar-refractivity contribution in [3.63, 3.8) is 0 Å². The maximum absolute atomic E-state index is 11.0. The van der Waals surface area contributed by atoms with Crippen LogP contribution >= 0.6 is 11.6 Å². The predicted molar refractivity (Wildman–Crippen MR) is 96.0 cm³/mol. The van der Waals surface area contributed by atoms with E-state index in [-0.39, 0.29) is 5.69 Å². The van der Waals surface area contributed by atoms with Gasteiger partial charge in [0.15, 0.2) is 0 Å². The molecule has 0 atom stereocenters. The molecule has 0 aliphatic carbocycles. The average molecular weight is 343 g/mol. The van der Waals surface area contributed by atoms with Crippen LogP contribution in [-0.2, 0) is 0 Å². The van der Waals surface area contributed by atoms with E-state index < -0.39 is 4.92 Å². The zero-order valence-corrected chi connectivity index (χ0v) is 13.5. The summed E-state index contributed by atoms with van der Waals surface area (Å²) in [6, 6.07) is 18.3. The fraction of sp³-hybridized carbons (Fsp3) is 0.111. The second-order valence-corrected chi connectivity index (χ2v) is 5.61. The van der Waals surface area contributed by atoms with E-state index in [0.717, 1.165) is 16.5 Å². The molecule has 122 valence electrons. The van der Waals surface area contributed by atoms with Gasteiger partial charge in [0.05, 0.1) is 4.92 Å². The van der Waals surface area contributed by atoms with Crippen molar-refractivity contribution >= 4 is 33.7 Å². The molecule has 0 heterocycles. The normalized spacial score (nSPS) is 10.5. The number of halogens is 1. The molecule has 0 saturated carbocycles. The average Bonchev–Trinajstić information content (AvgIpc) is 2.58. The Kier molecular flexibility index (Phi) is 4.82. The van der Waals surface area contributed by atoms with E-state index in [4.69, 9.17) is 16.3 Å². The Labute approximate surface area is 144 Å². The van der Waals surface area contributed by atoms with Crippen molar-refractivity contribution in [2.24, 2.45) is 0 Å². The minimum Gasteiger partial charge on any atom is -0.491 e. The lowest BCUT2D eigenvalue weighted by atomic mass is 10.1. The van der Waals surface area contributed by atoms with Gasteiger partial charge < -0.3 is 10.1 Å². The third-order valence-electron chi connectivity index (χ3n) is 3.58. The quantitative estimate of drug-likeness (QED) is 0.393. The first-order valence-corrected chi connectivity index (χ1v) is 7.81. The summed E-state index contributed by atoms with van der Waals surface area (Å²) in [5, 5.41) is 16.6. The van der Waals surface area contributed by atoms with Gasteiger partial charge in [-0.05, 0) is 23.6 Å². The minimum atomic E-state index is -0.440. The van der Waals surface area contributed by atoms with Gasteiger partial charge in [-0.15, -0.1) is 0 Å². The number of nitro groups is 1. The van der Waals surface area contributed by atoms with Gasteiger partial charge in [-0.1, -0.05) is 48.0 Å². The predicted octanol–water partition coefficient (Wildman–Crippen LogP) is 4.89. The molecule has 6 heteroatoms. The first-order valence-electron chi connectivity index (χ1n) is 7.43. The first kappa shape index (κ1) is 16.1. The smallest absolute Gasteiger partial charge is 0.292 e. The van der Waals surface area contributed by atoms with E-state index >= 15 is 0 Å². The second kappa shape index (κ2) is 7.19. The number of ether oxygens (including phenoxy) is 1. The summed E-state index contributed by atoms with van der Waals surface area (Å²) in [5.74, 6) is 0.787. The van der Waals surface area contributed by atoms with Crippen molar-refractivity contribution in [1.82, 2.24) is 0 Å². The highest BCUT2D eigenvalue weighted by Gasteiger charge is 2.13. The third kappa shape index (κ3) is 3.58. The molecule has 0 aromatic heterocycles. The molecular weight excluding hydrogens is 328 g/mol. The molecule has 0 aliphatic heterocycles. The Hall–Kier alpha value is -2.79. The van der Waals surface area contributed by atoms with E-state index in [1.807, 2.05) is 42.5 Å². The lowest BCUT2D eigenvalue weighted by Gasteiger charge is -2.11. The van der Waals surface area contributed by atoms with Crippen molar-refractivity contribution in [2.45, 2.75) is 0 Å². The minimum absolute atomic E-state index is 0.00967. The maximum atomic E-state index is 11.0. The fourth-order valence-electron chi connectivity index (χ4n) is 2.48. The van der Waals surface area contributed by atoms with Gasteiger partial charge >= 0.3 is 0 Å². The highest BCUT2D eigenvalue weighted by molar-refractivity contribution is 6.31. The van der Waals surface area contributed by atoms with E-state index in [9.17, 15) is 10.1 Å². The first-order chi connectivity index (χ1) is 11.6. The number of nitrogens with zero attached hydrogens (tertiary/aromatic N) is 1. The molecule has 0 unspecified atom stereocenters. The van der Waals surface area contributed by atoms with Gasteiger partial charge in [0.25, 0.3) is 5.69 Å². The Bertz CT molecular complexity index is 878. The van der Waals surface area contributed by atoms with Crippen LogP contribution in [0.5, 0.6) is 5.75 Å². The highest BCUT2D eigenvalue weighted by atomic mass is 35.5. The van der Waals surface area contributed by atoms with Crippen LogP contribution in [0.15, 0.2) is 60.7 Å². The zero-order chi connectivity index (χ0) is 16.9. The summed E-state index contributed by atoms with van der Waals surface area (Å²) in [6.45, 7) is 0.794. The number of nitrogens with one attached hydrogen (secondary N) is 1. The summed E-state index contributed by atoms with van der Waals surface area (Å²) in [5.41, 5.74) is 0.374. The number of nitro benzene ring substituents is 1. The summed E-state index contributed by atoms with van der Waals surface area (Å²) in [6.07, 6.45) is 0. The molecule has 1 N–H and O–H groups in total. The zero-order valence-electron chi connectivity index (χ0n) is 12.7. The standard InChI is InChI=1S/C18H15ClN2O3/c19-14-8-9-17(21(22)23)16(12-14)20-10-11-24-18-7-3-5-13-4-1-2-6-15(13)18/h1-9,12,20H,10-11H2. The number of hydrogen-bond donors (Lipinski definition) is 1. The Balaban J connectivity index is 1.65. The Morgan fingerprint density at radius 3 is 2.71 bits per heavy atom. The van der Waals surface area contributed by atoms with Crippen molar-refractivity contribution in [3.8, 4) is 5.75 Å². The lowest BCUT2D eigenvalue weighted by Crippen LogP contribution is -2.12. The Morgan fingerprint density at radius 1 is 1.08 bits per heavy atom. The summed E-state index contributed by atoms with van der Waals surface area (Å²) >= 11 is 5.90. The Morgan fingerprint density at radius 2 is 1.88 bits per heavy atom. The number of rotatable bonds is 6. The van der Waals surface area contributed by atoms with Crippen molar-refractivity contribution in [1.29, 1.82) is 0 Å². The van der Waals surface area contributed by atoms with Gasteiger partial charge in [-0.2, -0.15) is 0 Å². The number of fused-ring (bicyclic) bond motifs is 1. The van der Waals surface area contributed by atoms with Gasteiger partial charge in [-0.25, -0.2) is 0 Å². The number of anilines is 1. The van der Waals surface area contributed by atoms with Gasteiger partial charge in [0.1, 0.15) is 18.0 Å². The van der Waals surface area contributed by atoms with E-state index in [2.05, 4.69) is 5.32 Å². The lowest BCUT2D eigenvalue weighted by molar-refractivity contribution is -0.384. The van der Waals surface area contributed by atoms with E-state index in [1.165, 1.54) is 18.2 Å². The molecule has 0 saturated heterocycles. The highest BCUT2D eigenvalue weighted by Crippen LogP contribution is 2.28. The molecule has 3 rings (SSSR count). The second-order valence-electron chi connectivity index (χ2n) is 5.17. The van der Waals surface area contributed by atoms with Crippen LogP contribution in [-0.4, -0.2) is 18.1 Å². The van der Waals surface area contributed by atoms with Crippen LogP contribution < -0.4 is 10.1 Å². The molecule has 3 aromatic rings. The van der Waals surface area contributed by atoms with Crippen LogP contribution in [0.1, 0.15) is 0 Å². The number of hydrogen-bond acceptors (Lipinski definition) is 4. The molecule has 0 bridgehead atoms. The van der Waals surface area contributed by atoms with Gasteiger partial charge in [0, 0.05) is 23.0 Å².